The summed E-state index contributed by atoms with van der Waals surface area (Å²) in [6.45, 7) is 6.11. The molecular formula is C14H22N2O2. The molecular weight excluding hydrogens is 228 g/mol. The lowest BCUT2D eigenvalue weighted by molar-refractivity contribution is 0.141. The van der Waals surface area contributed by atoms with Crippen molar-refractivity contribution < 1.29 is 10.2 Å². The van der Waals surface area contributed by atoms with Crippen LogP contribution >= 0.6 is 0 Å². The largest absolute Gasteiger partial charge is 0.508 e. The number of nitrogens with one attached hydrogen (secondary N) is 1. The molecule has 4 nitrogen and oxygen atoms in total. The van der Waals surface area contributed by atoms with Gasteiger partial charge in [-0.05, 0) is 30.5 Å². The van der Waals surface area contributed by atoms with Gasteiger partial charge >= 0.3 is 0 Å². The van der Waals surface area contributed by atoms with E-state index in [1.54, 1.807) is 6.07 Å². The van der Waals surface area contributed by atoms with Crippen molar-refractivity contribution in [2.75, 3.05) is 32.8 Å². The predicted molar refractivity (Wildman–Crippen MR) is 71.7 cm³/mol. The summed E-state index contributed by atoms with van der Waals surface area (Å²) >= 11 is 0. The van der Waals surface area contributed by atoms with Gasteiger partial charge in [0.25, 0.3) is 0 Å². The van der Waals surface area contributed by atoms with Crippen LogP contribution in [-0.2, 0) is 0 Å². The fourth-order valence-corrected chi connectivity index (χ4v) is 2.56. The van der Waals surface area contributed by atoms with Crippen LogP contribution in [0.3, 0.4) is 0 Å². The monoisotopic (exact) mass is 250 g/mol. The van der Waals surface area contributed by atoms with E-state index >= 15 is 0 Å². The maximum absolute atomic E-state index is 9.59. The molecule has 4 heteroatoms. The van der Waals surface area contributed by atoms with Gasteiger partial charge < -0.3 is 15.5 Å². The van der Waals surface area contributed by atoms with Crippen LogP contribution in [0.1, 0.15) is 23.6 Å². The molecule has 0 bridgehead atoms. The Labute approximate surface area is 108 Å². The molecule has 0 aromatic heterocycles. The van der Waals surface area contributed by atoms with Crippen molar-refractivity contribution in [3.8, 4) is 5.75 Å². The van der Waals surface area contributed by atoms with Gasteiger partial charge in [-0.3, -0.25) is 4.90 Å². The zero-order chi connectivity index (χ0) is 13.0. The van der Waals surface area contributed by atoms with Gasteiger partial charge in [0.1, 0.15) is 5.75 Å². The number of aromatic hydroxyl groups is 1. The fourth-order valence-electron chi connectivity index (χ4n) is 2.56. The minimum atomic E-state index is 0.189. The van der Waals surface area contributed by atoms with Crippen molar-refractivity contribution in [3.05, 3.63) is 29.3 Å². The second kappa shape index (κ2) is 6.18. The lowest BCUT2D eigenvalue weighted by atomic mass is 9.99. The lowest BCUT2D eigenvalue weighted by Crippen LogP contribution is -2.45. The van der Waals surface area contributed by atoms with Crippen LogP contribution in [-0.4, -0.2) is 47.9 Å². The Morgan fingerprint density at radius 2 is 2.06 bits per heavy atom. The summed E-state index contributed by atoms with van der Waals surface area (Å²) in [5.74, 6) is 0.335. The molecule has 1 atom stereocenters. The van der Waals surface area contributed by atoms with Crippen LogP contribution in [0.25, 0.3) is 0 Å². The van der Waals surface area contributed by atoms with Gasteiger partial charge in [-0.25, -0.2) is 0 Å². The maximum atomic E-state index is 9.59. The smallest absolute Gasteiger partial charge is 0.118 e. The molecule has 0 amide bonds. The van der Waals surface area contributed by atoms with E-state index in [1.807, 2.05) is 19.1 Å². The number of aryl methyl sites for hydroxylation is 1. The lowest BCUT2D eigenvalue weighted by Gasteiger charge is -2.35. The first-order valence-electron chi connectivity index (χ1n) is 6.57. The first kappa shape index (κ1) is 13.3. The summed E-state index contributed by atoms with van der Waals surface area (Å²) in [5.41, 5.74) is 2.08. The number of benzene rings is 1. The number of piperazine rings is 1. The summed E-state index contributed by atoms with van der Waals surface area (Å²) in [6, 6.07) is 5.98. The number of phenolic OH excluding ortho intramolecular Hbond substituents is 1. The Bertz CT molecular complexity index is 389. The van der Waals surface area contributed by atoms with Crippen molar-refractivity contribution in [1.82, 2.24) is 10.2 Å². The summed E-state index contributed by atoms with van der Waals surface area (Å²) in [4.78, 5) is 2.40. The molecule has 0 aliphatic carbocycles. The summed E-state index contributed by atoms with van der Waals surface area (Å²) < 4.78 is 0. The average molecular weight is 250 g/mol. The fraction of sp³-hybridized carbons (Fsp3) is 0.571. The van der Waals surface area contributed by atoms with Crippen molar-refractivity contribution >= 4 is 0 Å². The van der Waals surface area contributed by atoms with E-state index in [4.69, 9.17) is 0 Å². The highest BCUT2D eigenvalue weighted by atomic mass is 16.3. The normalized spacial score (nSPS) is 18.8. The molecule has 1 aromatic carbocycles. The maximum Gasteiger partial charge on any atom is 0.118 e. The van der Waals surface area contributed by atoms with Crippen molar-refractivity contribution in [2.24, 2.45) is 0 Å². The molecule has 0 spiro atoms. The number of phenols is 1. The minimum absolute atomic E-state index is 0.189. The highest BCUT2D eigenvalue weighted by Gasteiger charge is 2.21. The Balaban J connectivity index is 2.19. The predicted octanol–water partition coefficient (Wildman–Crippen LogP) is 1.03. The summed E-state index contributed by atoms with van der Waals surface area (Å²) in [5, 5.41) is 22.2. The summed E-state index contributed by atoms with van der Waals surface area (Å²) in [7, 11) is 0. The SMILES string of the molecule is Cc1cc([C@@H](CCO)N2CCNCC2)ccc1O. The van der Waals surface area contributed by atoms with Gasteiger partial charge in [0.2, 0.25) is 0 Å². The van der Waals surface area contributed by atoms with Gasteiger partial charge in [-0.2, -0.15) is 0 Å². The zero-order valence-corrected chi connectivity index (χ0v) is 10.9. The van der Waals surface area contributed by atoms with Crippen molar-refractivity contribution in [2.45, 2.75) is 19.4 Å². The van der Waals surface area contributed by atoms with Crippen LogP contribution in [0.2, 0.25) is 0 Å². The molecule has 0 unspecified atom stereocenters. The number of hydrogen-bond acceptors (Lipinski definition) is 4. The Morgan fingerprint density at radius 3 is 2.67 bits per heavy atom. The second-order valence-corrected chi connectivity index (χ2v) is 4.86. The van der Waals surface area contributed by atoms with Crippen LogP contribution in [0.4, 0.5) is 0 Å². The molecule has 1 saturated heterocycles. The number of nitrogens with zero attached hydrogens (tertiary/aromatic N) is 1. The van der Waals surface area contributed by atoms with Crippen molar-refractivity contribution in [3.63, 3.8) is 0 Å². The van der Waals surface area contributed by atoms with E-state index in [1.165, 1.54) is 5.56 Å². The molecule has 3 N–H and O–H groups in total. The second-order valence-electron chi connectivity index (χ2n) is 4.86. The Hall–Kier alpha value is -1.10. The van der Waals surface area contributed by atoms with Crippen LogP contribution < -0.4 is 5.32 Å². The van der Waals surface area contributed by atoms with E-state index in [9.17, 15) is 10.2 Å². The average Bonchev–Trinajstić information content (AvgIpc) is 2.40. The molecule has 2 rings (SSSR count). The number of aliphatic hydroxyl groups is 1. The molecule has 1 aliphatic heterocycles. The molecule has 1 aliphatic rings. The molecule has 0 radical (unpaired) electrons. The van der Waals surface area contributed by atoms with E-state index < -0.39 is 0 Å². The van der Waals surface area contributed by atoms with E-state index in [0.29, 0.717) is 5.75 Å². The van der Waals surface area contributed by atoms with Gasteiger partial charge in [0.05, 0.1) is 0 Å². The third-order valence-electron chi connectivity index (χ3n) is 3.60. The third kappa shape index (κ3) is 3.02. The minimum Gasteiger partial charge on any atom is -0.508 e. The van der Waals surface area contributed by atoms with Crippen molar-refractivity contribution in [1.29, 1.82) is 0 Å². The van der Waals surface area contributed by atoms with Crippen LogP contribution in [0.5, 0.6) is 5.75 Å². The highest BCUT2D eigenvalue weighted by molar-refractivity contribution is 5.36. The molecule has 100 valence electrons. The first-order chi connectivity index (χ1) is 8.72. The number of hydrogen-bond donors (Lipinski definition) is 3. The van der Waals surface area contributed by atoms with Gasteiger partial charge in [0, 0.05) is 38.8 Å². The van der Waals surface area contributed by atoms with Crippen LogP contribution in [0.15, 0.2) is 18.2 Å². The van der Waals surface area contributed by atoms with Gasteiger partial charge in [0.15, 0.2) is 0 Å². The third-order valence-corrected chi connectivity index (χ3v) is 3.60. The quantitative estimate of drug-likeness (QED) is 0.747. The molecule has 1 heterocycles. The van der Waals surface area contributed by atoms with Crippen LogP contribution in [0, 0.1) is 6.92 Å². The number of rotatable bonds is 4. The zero-order valence-electron chi connectivity index (χ0n) is 10.9. The summed E-state index contributed by atoms with van der Waals surface area (Å²) in [6.07, 6.45) is 0.740. The topological polar surface area (TPSA) is 55.7 Å². The number of aliphatic hydroxyl groups excluding tert-OH is 1. The first-order valence-corrected chi connectivity index (χ1v) is 6.57. The molecule has 0 saturated carbocycles. The Kier molecular flexibility index (Phi) is 4.58. The van der Waals surface area contributed by atoms with Gasteiger partial charge in [-0.1, -0.05) is 12.1 Å². The van der Waals surface area contributed by atoms with Gasteiger partial charge in [-0.15, -0.1) is 0 Å². The Morgan fingerprint density at radius 1 is 1.33 bits per heavy atom. The molecule has 1 fully saturated rings. The highest BCUT2D eigenvalue weighted by Crippen LogP contribution is 2.28. The van der Waals surface area contributed by atoms with E-state index in [2.05, 4.69) is 10.2 Å². The van der Waals surface area contributed by atoms with E-state index in [-0.39, 0.29) is 12.6 Å². The standard InChI is InChI=1S/C14H22N2O2/c1-11-10-12(2-3-14(11)18)13(4-9-17)16-7-5-15-6-8-16/h2-3,10,13,15,17-18H,4-9H2,1H3/t13-/m1/s1. The molecule has 18 heavy (non-hydrogen) atoms. The van der Waals surface area contributed by atoms with E-state index in [0.717, 1.165) is 38.2 Å². The molecule has 1 aromatic rings.